The van der Waals surface area contributed by atoms with E-state index in [9.17, 15) is 9.90 Å². The lowest BCUT2D eigenvalue weighted by atomic mass is 9.85. The summed E-state index contributed by atoms with van der Waals surface area (Å²) >= 11 is 0. The molecule has 1 unspecified atom stereocenters. The lowest BCUT2D eigenvalue weighted by Gasteiger charge is -2.24. The van der Waals surface area contributed by atoms with Gasteiger partial charge >= 0.3 is 5.97 Å². The van der Waals surface area contributed by atoms with Crippen LogP contribution in [0.4, 0.5) is 17.4 Å². The molecule has 30 heavy (non-hydrogen) atoms. The number of nitrogens with zero attached hydrogens (tertiary/aromatic N) is 1. The van der Waals surface area contributed by atoms with Crippen LogP contribution in [-0.4, -0.2) is 22.6 Å². The van der Waals surface area contributed by atoms with Gasteiger partial charge < -0.3 is 20.2 Å². The maximum atomic E-state index is 11.4. The molecular formula is C24H31N3O3. The zero-order valence-electron chi connectivity index (χ0n) is 18.3. The maximum Gasteiger partial charge on any atom is 0.303 e. The highest BCUT2D eigenvalue weighted by Crippen LogP contribution is 2.35. The molecule has 0 saturated heterocycles. The second-order valence-corrected chi connectivity index (χ2v) is 9.28. The third kappa shape index (κ3) is 5.53. The van der Waals surface area contributed by atoms with Crippen LogP contribution in [0.25, 0.3) is 11.1 Å². The van der Waals surface area contributed by atoms with Gasteiger partial charge in [-0.2, -0.15) is 4.98 Å². The van der Waals surface area contributed by atoms with Crippen molar-refractivity contribution in [1.29, 1.82) is 0 Å². The number of benzene rings is 2. The molecule has 0 aliphatic rings. The van der Waals surface area contributed by atoms with Crippen LogP contribution < -0.4 is 10.6 Å². The summed E-state index contributed by atoms with van der Waals surface area (Å²) < 4.78 is 5.84. The third-order valence-corrected chi connectivity index (χ3v) is 5.02. The van der Waals surface area contributed by atoms with Gasteiger partial charge in [-0.3, -0.25) is 4.79 Å². The molecule has 0 fully saturated rings. The average Bonchev–Trinajstić information content (AvgIpc) is 3.06. The van der Waals surface area contributed by atoms with Crippen molar-refractivity contribution in [1.82, 2.24) is 4.98 Å². The van der Waals surface area contributed by atoms with Crippen molar-refractivity contribution in [2.24, 2.45) is 11.3 Å². The van der Waals surface area contributed by atoms with Crippen LogP contribution >= 0.6 is 0 Å². The summed E-state index contributed by atoms with van der Waals surface area (Å²) in [5.41, 5.74) is 4.33. The minimum Gasteiger partial charge on any atom is -0.481 e. The highest BCUT2D eigenvalue weighted by atomic mass is 16.4. The molecule has 1 aromatic heterocycles. The normalized spacial score (nSPS) is 12.9. The van der Waals surface area contributed by atoms with Crippen LogP contribution in [0.15, 0.2) is 46.9 Å². The Hall–Kier alpha value is -3.02. The SMILES string of the molecule is CC(C)C(CC(=O)O)c1ccc(NCC(C)(C)C)c(Nc2nc3ccccc3o2)c1. The summed E-state index contributed by atoms with van der Waals surface area (Å²) in [7, 11) is 0. The van der Waals surface area contributed by atoms with E-state index in [-0.39, 0.29) is 23.7 Å². The molecule has 1 heterocycles. The van der Waals surface area contributed by atoms with Crippen LogP contribution in [0, 0.1) is 11.3 Å². The second-order valence-electron chi connectivity index (χ2n) is 9.28. The predicted molar refractivity (Wildman–Crippen MR) is 122 cm³/mol. The largest absolute Gasteiger partial charge is 0.481 e. The van der Waals surface area contributed by atoms with Crippen molar-refractivity contribution in [2.75, 3.05) is 17.2 Å². The van der Waals surface area contributed by atoms with Crippen LogP contribution in [0.5, 0.6) is 0 Å². The Balaban J connectivity index is 1.97. The van der Waals surface area contributed by atoms with Crippen molar-refractivity contribution in [3.8, 4) is 0 Å². The zero-order valence-corrected chi connectivity index (χ0v) is 18.3. The van der Waals surface area contributed by atoms with Crippen LogP contribution in [-0.2, 0) is 4.79 Å². The molecule has 6 nitrogen and oxygen atoms in total. The number of fused-ring (bicyclic) bond motifs is 1. The van der Waals surface area contributed by atoms with E-state index >= 15 is 0 Å². The number of oxazole rings is 1. The Morgan fingerprint density at radius 1 is 1.13 bits per heavy atom. The highest BCUT2D eigenvalue weighted by Gasteiger charge is 2.21. The lowest BCUT2D eigenvalue weighted by Crippen LogP contribution is -2.19. The van der Waals surface area contributed by atoms with E-state index < -0.39 is 5.97 Å². The van der Waals surface area contributed by atoms with Gasteiger partial charge in [-0.05, 0) is 47.1 Å². The minimum absolute atomic E-state index is 0.0802. The van der Waals surface area contributed by atoms with Gasteiger partial charge in [-0.25, -0.2) is 0 Å². The first-order valence-corrected chi connectivity index (χ1v) is 10.3. The fourth-order valence-electron chi connectivity index (χ4n) is 3.38. The molecule has 6 heteroatoms. The molecule has 0 saturated carbocycles. The Labute approximate surface area is 177 Å². The predicted octanol–water partition coefficient (Wildman–Crippen LogP) is 6.24. The number of aliphatic carboxylic acids is 1. The number of carbonyl (C=O) groups is 1. The van der Waals surface area contributed by atoms with Crippen molar-refractivity contribution in [2.45, 2.75) is 47.0 Å². The maximum absolute atomic E-state index is 11.4. The standard InChI is InChI=1S/C24H31N3O3/c1-15(2)17(13-22(28)29)16-10-11-18(25-14-24(3,4)5)20(12-16)27-23-26-19-8-6-7-9-21(19)30-23/h6-12,15,17,25H,13-14H2,1-5H3,(H,26,27)(H,28,29). The zero-order chi connectivity index (χ0) is 21.9. The number of rotatable bonds is 8. The summed E-state index contributed by atoms with van der Waals surface area (Å²) in [6.07, 6.45) is 0.0920. The van der Waals surface area contributed by atoms with Crippen molar-refractivity contribution in [3.63, 3.8) is 0 Å². The average molecular weight is 410 g/mol. The topological polar surface area (TPSA) is 87.4 Å². The van der Waals surface area contributed by atoms with E-state index in [1.807, 2.05) is 56.3 Å². The van der Waals surface area contributed by atoms with E-state index in [1.165, 1.54) is 0 Å². The quantitative estimate of drug-likeness (QED) is 0.408. The smallest absolute Gasteiger partial charge is 0.303 e. The molecule has 0 aliphatic carbocycles. The number of carboxylic acid groups (broad SMARTS) is 1. The van der Waals surface area contributed by atoms with Crippen LogP contribution in [0.3, 0.4) is 0 Å². The van der Waals surface area contributed by atoms with E-state index in [2.05, 4.69) is 36.4 Å². The molecule has 160 valence electrons. The van der Waals surface area contributed by atoms with Gasteiger partial charge in [0.15, 0.2) is 5.58 Å². The number of aromatic nitrogens is 1. The number of anilines is 3. The summed E-state index contributed by atoms with van der Waals surface area (Å²) in [5.74, 6) is -0.674. The third-order valence-electron chi connectivity index (χ3n) is 5.02. The molecule has 0 aliphatic heterocycles. The van der Waals surface area contributed by atoms with Gasteiger partial charge in [-0.1, -0.05) is 52.8 Å². The molecule has 0 spiro atoms. The first kappa shape index (κ1) is 21.7. The number of hydrogen-bond acceptors (Lipinski definition) is 5. The van der Waals surface area contributed by atoms with E-state index in [0.29, 0.717) is 11.6 Å². The van der Waals surface area contributed by atoms with Crippen molar-refractivity contribution >= 4 is 34.5 Å². The number of nitrogens with one attached hydrogen (secondary N) is 2. The molecule has 2 aromatic carbocycles. The molecule has 0 bridgehead atoms. The molecule has 3 N–H and O–H groups in total. The Bertz CT molecular complexity index is 985. The van der Waals surface area contributed by atoms with E-state index in [1.54, 1.807) is 0 Å². The molecule has 0 radical (unpaired) electrons. The highest BCUT2D eigenvalue weighted by molar-refractivity contribution is 5.78. The number of hydrogen-bond donors (Lipinski definition) is 3. The molecule has 3 rings (SSSR count). The van der Waals surface area contributed by atoms with Gasteiger partial charge in [-0.15, -0.1) is 0 Å². The van der Waals surface area contributed by atoms with E-state index in [0.717, 1.165) is 29.0 Å². The second kappa shape index (κ2) is 8.78. The Morgan fingerprint density at radius 3 is 2.50 bits per heavy atom. The van der Waals surface area contributed by atoms with Gasteiger partial charge in [0.2, 0.25) is 0 Å². The van der Waals surface area contributed by atoms with Crippen LogP contribution in [0.2, 0.25) is 0 Å². The van der Waals surface area contributed by atoms with Crippen LogP contribution in [0.1, 0.15) is 52.5 Å². The number of para-hydroxylation sites is 2. The van der Waals surface area contributed by atoms with Gasteiger partial charge in [0.05, 0.1) is 17.8 Å². The van der Waals surface area contributed by atoms with Gasteiger partial charge in [0, 0.05) is 6.54 Å². The lowest BCUT2D eigenvalue weighted by molar-refractivity contribution is -0.137. The first-order valence-electron chi connectivity index (χ1n) is 10.3. The molecule has 1 atom stereocenters. The molecular weight excluding hydrogens is 378 g/mol. The van der Waals surface area contributed by atoms with E-state index in [4.69, 9.17) is 4.42 Å². The minimum atomic E-state index is -0.794. The fourth-order valence-corrected chi connectivity index (χ4v) is 3.38. The summed E-state index contributed by atoms with van der Waals surface area (Å²) in [4.78, 5) is 15.9. The monoisotopic (exact) mass is 409 g/mol. The Kier molecular flexibility index (Phi) is 6.34. The summed E-state index contributed by atoms with van der Waals surface area (Å²) in [6, 6.07) is 14.0. The molecule has 3 aromatic rings. The van der Waals surface area contributed by atoms with Crippen molar-refractivity contribution < 1.29 is 14.3 Å². The first-order chi connectivity index (χ1) is 14.1. The van der Waals surface area contributed by atoms with Gasteiger partial charge in [0.25, 0.3) is 6.01 Å². The summed E-state index contributed by atoms with van der Waals surface area (Å²) in [5, 5.41) is 16.1. The molecule has 0 amide bonds. The Morgan fingerprint density at radius 2 is 1.87 bits per heavy atom. The number of carboxylic acids is 1. The van der Waals surface area contributed by atoms with Crippen molar-refractivity contribution in [3.05, 3.63) is 48.0 Å². The summed E-state index contributed by atoms with van der Waals surface area (Å²) in [6.45, 7) is 11.4. The van der Waals surface area contributed by atoms with Gasteiger partial charge in [0.1, 0.15) is 5.52 Å². The fraction of sp³-hybridized carbons (Fsp3) is 0.417.